The Bertz CT molecular complexity index is 706. The zero-order valence-electron chi connectivity index (χ0n) is 13.2. The lowest BCUT2D eigenvalue weighted by Gasteiger charge is -2.17. The van der Waals surface area contributed by atoms with Gasteiger partial charge >= 0.3 is 0 Å². The van der Waals surface area contributed by atoms with Gasteiger partial charge in [0.05, 0.1) is 0 Å². The van der Waals surface area contributed by atoms with Gasteiger partial charge in [0.2, 0.25) is 5.91 Å². The molecular formula is C19H19F2NO. The number of halogens is 2. The van der Waals surface area contributed by atoms with Crippen LogP contribution in [0.3, 0.4) is 0 Å². The number of hydrogen-bond donors (Lipinski definition) is 0. The van der Waals surface area contributed by atoms with Crippen molar-refractivity contribution in [1.82, 2.24) is 4.90 Å². The molecule has 0 aliphatic carbocycles. The molecule has 1 heterocycles. The minimum absolute atomic E-state index is 0.0343. The molecule has 4 heteroatoms. The van der Waals surface area contributed by atoms with Gasteiger partial charge in [0.1, 0.15) is 11.6 Å². The van der Waals surface area contributed by atoms with E-state index in [-0.39, 0.29) is 11.5 Å². The second kappa shape index (κ2) is 6.11. The SMILES string of the molecule is Cc1cc(F)c([C@@H]2CN(Cc3ccccc3)C(=O)[C@H]2C)c(F)c1. The van der Waals surface area contributed by atoms with Crippen molar-refractivity contribution in [3.05, 3.63) is 70.8 Å². The highest BCUT2D eigenvalue weighted by atomic mass is 19.1. The van der Waals surface area contributed by atoms with Crippen LogP contribution in [0.1, 0.15) is 29.5 Å². The van der Waals surface area contributed by atoms with E-state index in [4.69, 9.17) is 0 Å². The first-order chi connectivity index (χ1) is 11.0. The molecule has 0 bridgehead atoms. The molecule has 2 atom stereocenters. The van der Waals surface area contributed by atoms with Crippen molar-refractivity contribution in [3.63, 3.8) is 0 Å². The van der Waals surface area contributed by atoms with Crippen LogP contribution in [0.4, 0.5) is 8.78 Å². The predicted octanol–water partition coefficient (Wildman–Crippen LogP) is 4.04. The van der Waals surface area contributed by atoms with Crippen LogP contribution in [0, 0.1) is 24.5 Å². The minimum Gasteiger partial charge on any atom is -0.337 e. The molecule has 0 unspecified atom stereocenters. The largest absolute Gasteiger partial charge is 0.337 e. The zero-order chi connectivity index (χ0) is 16.6. The lowest BCUT2D eigenvalue weighted by molar-refractivity contribution is -0.131. The van der Waals surface area contributed by atoms with Crippen molar-refractivity contribution in [2.75, 3.05) is 6.54 Å². The lowest BCUT2D eigenvalue weighted by Crippen LogP contribution is -2.26. The number of nitrogens with zero attached hydrogens (tertiary/aromatic N) is 1. The number of benzene rings is 2. The van der Waals surface area contributed by atoms with E-state index in [1.165, 1.54) is 12.1 Å². The number of carbonyl (C=O) groups excluding carboxylic acids is 1. The van der Waals surface area contributed by atoms with Gasteiger partial charge in [-0.3, -0.25) is 4.79 Å². The highest BCUT2D eigenvalue weighted by molar-refractivity contribution is 5.82. The summed E-state index contributed by atoms with van der Waals surface area (Å²) in [6, 6.07) is 12.3. The molecule has 0 radical (unpaired) electrons. The first kappa shape index (κ1) is 15.7. The maximum atomic E-state index is 14.2. The number of hydrogen-bond acceptors (Lipinski definition) is 1. The third-order valence-electron chi connectivity index (χ3n) is 4.53. The number of likely N-dealkylation sites (tertiary alicyclic amines) is 1. The predicted molar refractivity (Wildman–Crippen MR) is 84.9 cm³/mol. The molecule has 0 saturated carbocycles. The van der Waals surface area contributed by atoms with Crippen LogP contribution in [0.15, 0.2) is 42.5 Å². The third kappa shape index (κ3) is 2.98. The Hall–Kier alpha value is -2.23. The number of amides is 1. The molecule has 23 heavy (non-hydrogen) atoms. The molecule has 1 saturated heterocycles. The molecule has 0 N–H and O–H groups in total. The molecule has 2 aromatic rings. The van der Waals surface area contributed by atoms with Crippen molar-refractivity contribution < 1.29 is 13.6 Å². The van der Waals surface area contributed by atoms with Gasteiger partial charge in [0.25, 0.3) is 0 Å². The van der Waals surface area contributed by atoms with E-state index < -0.39 is 23.5 Å². The van der Waals surface area contributed by atoms with Crippen LogP contribution in [-0.4, -0.2) is 17.4 Å². The normalized spacial score (nSPS) is 21.0. The standard InChI is InChI=1S/C19H19F2NO/c1-12-8-16(20)18(17(21)9-12)15-11-22(19(23)13(15)2)10-14-6-4-3-5-7-14/h3-9,13,15H,10-11H2,1-2H3/t13-,15+/m0/s1. The Morgan fingerprint density at radius 2 is 1.74 bits per heavy atom. The molecule has 1 amide bonds. The molecule has 120 valence electrons. The highest BCUT2D eigenvalue weighted by Gasteiger charge is 2.40. The van der Waals surface area contributed by atoms with Gasteiger partial charge in [-0.2, -0.15) is 0 Å². The average molecular weight is 315 g/mol. The Morgan fingerprint density at radius 1 is 1.13 bits per heavy atom. The van der Waals surface area contributed by atoms with E-state index in [0.29, 0.717) is 18.7 Å². The summed E-state index contributed by atoms with van der Waals surface area (Å²) < 4.78 is 28.5. The summed E-state index contributed by atoms with van der Waals surface area (Å²) in [5.74, 6) is -2.06. The van der Waals surface area contributed by atoms with Crippen LogP contribution < -0.4 is 0 Å². The second-order valence-electron chi connectivity index (χ2n) is 6.24. The van der Waals surface area contributed by atoms with Gasteiger partial charge in [-0.25, -0.2) is 8.78 Å². The monoisotopic (exact) mass is 315 g/mol. The van der Waals surface area contributed by atoms with Crippen molar-refractivity contribution in [2.45, 2.75) is 26.3 Å². The minimum atomic E-state index is -0.561. The van der Waals surface area contributed by atoms with Gasteiger partial charge in [0.15, 0.2) is 0 Å². The van der Waals surface area contributed by atoms with Gasteiger partial charge in [0, 0.05) is 30.5 Å². The summed E-state index contributed by atoms with van der Waals surface area (Å²) in [5, 5.41) is 0. The molecule has 1 aliphatic heterocycles. The molecule has 1 aliphatic rings. The second-order valence-corrected chi connectivity index (χ2v) is 6.24. The van der Waals surface area contributed by atoms with E-state index in [0.717, 1.165) is 5.56 Å². The Balaban J connectivity index is 1.87. The first-order valence-electron chi connectivity index (χ1n) is 7.75. The summed E-state index contributed by atoms with van der Waals surface area (Å²) in [7, 11) is 0. The van der Waals surface area contributed by atoms with Crippen molar-refractivity contribution in [1.29, 1.82) is 0 Å². The first-order valence-corrected chi connectivity index (χ1v) is 7.75. The Morgan fingerprint density at radius 3 is 2.35 bits per heavy atom. The average Bonchev–Trinajstić information content (AvgIpc) is 2.76. The van der Waals surface area contributed by atoms with E-state index >= 15 is 0 Å². The van der Waals surface area contributed by atoms with Crippen molar-refractivity contribution in [2.24, 2.45) is 5.92 Å². The maximum absolute atomic E-state index is 14.2. The highest BCUT2D eigenvalue weighted by Crippen LogP contribution is 2.37. The van der Waals surface area contributed by atoms with Gasteiger partial charge in [-0.1, -0.05) is 37.3 Å². The molecule has 2 aromatic carbocycles. The third-order valence-corrected chi connectivity index (χ3v) is 4.53. The van der Waals surface area contributed by atoms with Crippen LogP contribution in [0.25, 0.3) is 0 Å². The van der Waals surface area contributed by atoms with Gasteiger partial charge < -0.3 is 4.90 Å². The fourth-order valence-electron chi connectivity index (χ4n) is 3.30. The van der Waals surface area contributed by atoms with Crippen LogP contribution in [-0.2, 0) is 11.3 Å². The smallest absolute Gasteiger partial charge is 0.226 e. The molecule has 3 rings (SSSR count). The number of rotatable bonds is 3. The molecule has 0 aromatic heterocycles. The van der Waals surface area contributed by atoms with E-state index in [1.54, 1.807) is 18.7 Å². The summed E-state index contributed by atoms with van der Waals surface area (Å²) in [5.41, 5.74) is 1.59. The lowest BCUT2D eigenvalue weighted by atomic mass is 9.88. The zero-order valence-corrected chi connectivity index (χ0v) is 13.2. The fourth-order valence-corrected chi connectivity index (χ4v) is 3.30. The summed E-state index contributed by atoms with van der Waals surface area (Å²) in [6.45, 7) is 4.21. The van der Waals surface area contributed by atoms with Crippen molar-refractivity contribution in [3.8, 4) is 0 Å². The number of carbonyl (C=O) groups is 1. The maximum Gasteiger partial charge on any atom is 0.226 e. The van der Waals surface area contributed by atoms with E-state index in [9.17, 15) is 13.6 Å². The molecule has 1 fully saturated rings. The van der Waals surface area contributed by atoms with E-state index in [1.807, 2.05) is 30.3 Å². The van der Waals surface area contributed by atoms with Crippen LogP contribution in [0.5, 0.6) is 0 Å². The van der Waals surface area contributed by atoms with Crippen LogP contribution >= 0.6 is 0 Å². The summed E-state index contributed by atoms with van der Waals surface area (Å²) in [6.07, 6.45) is 0. The number of aryl methyl sites for hydroxylation is 1. The molecular weight excluding hydrogens is 296 g/mol. The topological polar surface area (TPSA) is 20.3 Å². The van der Waals surface area contributed by atoms with Crippen LogP contribution in [0.2, 0.25) is 0 Å². The summed E-state index contributed by atoms with van der Waals surface area (Å²) in [4.78, 5) is 14.1. The Labute approximate surface area is 134 Å². The molecule has 0 spiro atoms. The van der Waals surface area contributed by atoms with E-state index in [2.05, 4.69) is 0 Å². The fraction of sp³-hybridized carbons (Fsp3) is 0.316. The summed E-state index contributed by atoms with van der Waals surface area (Å²) >= 11 is 0. The Kier molecular flexibility index (Phi) is 4.16. The van der Waals surface area contributed by atoms with Gasteiger partial charge in [-0.05, 0) is 30.2 Å². The van der Waals surface area contributed by atoms with Gasteiger partial charge in [-0.15, -0.1) is 0 Å². The quantitative estimate of drug-likeness (QED) is 0.837. The van der Waals surface area contributed by atoms with Crippen molar-refractivity contribution >= 4 is 5.91 Å². The molecule has 2 nitrogen and oxygen atoms in total.